The minimum atomic E-state index is -0.538. The molecule has 1 atom stereocenters. The Kier molecular flexibility index (Phi) is 5.97. The van der Waals surface area contributed by atoms with E-state index in [9.17, 15) is 14.4 Å². The molecule has 0 bridgehead atoms. The number of benzene rings is 1. The standard InChI is InChI=1S/C20H24N2O4/c1-6-26-20(25)17-11(2)18(22-12(17)3)19(24)13(4)21-16-9-7-8-15(10-16)14(5)23/h7-10,13,21-22H,6H2,1-5H3. The lowest BCUT2D eigenvalue weighted by molar-refractivity contribution is 0.0525. The number of rotatable bonds is 7. The molecule has 2 rings (SSSR count). The van der Waals surface area contributed by atoms with E-state index in [-0.39, 0.29) is 18.2 Å². The Morgan fingerprint density at radius 1 is 1.23 bits per heavy atom. The fourth-order valence-electron chi connectivity index (χ4n) is 2.87. The number of aromatic nitrogens is 1. The molecule has 6 nitrogen and oxygen atoms in total. The van der Waals surface area contributed by atoms with Gasteiger partial charge in [-0.1, -0.05) is 12.1 Å². The number of aryl methyl sites for hydroxylation is 1. The van der Waals surface area contributed by atoms with Crippen molar-refractivity contribution in [2.24, 2.45) is 0 Å². The largest absolute Gasteiger partial charge is 0.462 e. The van der Waals surface area contributed by atoms with E-state index in [4.69, 9.17) is 4.74 Å². The normalized spacial score (nSPS) is 11.7. The van der Waals surface area contributed by atoms with Gasteiger partial charge in [0.05, 0.1) is 23.9 Å². The Bertz CT molecular complexity index is 851. The molecule has 0 spiro atoms. The van der Waals surface area contributed by atoms with Crippen molar-refractivity contribution in [1.82, 2.24) is 4.98 Å². The highest BCUT2D eigenvalue weighted by atomic mass is 16.5. The van der Waals surface area contributed by atoms with Gasteiger partial charge in [0.2, 0.25) is 5.78 Å². The van der Waals surface area contributed by atoms with Crippen LogP contribution in [0.5, 0.6) is 0 Å². The predicted octanol–water partition coefficient (Wildman–Crippen LogP) is 3.69. The molecule has 1 aromatic heterocycles. The molecule has 0 radical (unpaired) electrons. The van der Waals surface area contributed by atoms with Gasteiger partial charge < -0.3 is 15.0 Å². The summed E-state index contributed by atoms with van der Waals surface area (Å²) < 4.78 is 5.06. The van der Waals surface area contributed by atoms with E-state index in [2.05, 4.69) is 10.3 Å². The Hall–Kier alpha value is -2.89. The van der Waals surface area contributed by atoms with E-state index in [1.807, 2.05) is 0 Å². The van der Waals surface area contributed by atoms with Gasteiger partial charge in [-0.05, 0) is 52.3 Å². The number of carbonyl (C=O) groups excluding carboxylic acids is 3. The summed E-state index contributed by atoms with van der Waals surface area (Å²) >= 11 is 0. The summed E-state index contributed by atoms with van der Waals surface area (Å²) in [4.78, 5) is 39.4. The average Bonchev–Trinajstić information content (AvgIpc) is 2.89. The molecule has 26 heavy (non-hydrogen) atoms. The van der Waals surface area contributed by atoms with Gasteiger partial charge >= 0.3 is 5.97 Å². The summed E-state index contributed by atoms with van der Waals surface area (Å²) in [5.74, 6) is -0.649. The van der Waals surface area contributed by atoms with Crippen molar-refractivity contribution >= 4 is 23.2 Å². The van der Waals surface area contributed by atoms with Gasteiger partial charge in [-0.25, -0.2) is 4.79 Å². The Morgan fingerprint density at radius 2 is 1.92 bits per heavy atom. The van der Waals surface area contributed by atoms with Crippen LogP contribution in [0.25, 0.3) is 0 Å². The van der Waals surface area contributed by atoms with Gasteiger partial charge in [-0.3, -0.25) is 9.59 Å². The number of carbonyl (C=O) groups is 3. The van der Waals surface area contributed by atoms with Crippen molar-refractivity contribution in [3.8, 4) is 0 Å². The maximum absolute atomic E-state index is 12.8. The number of hydrogen-bond donors (Lipinski definition) is 2. The van der Waals surface area contributed by atoms with Gasteiger partial charge in [-0.15, -0.1) is 0 Å². The van der Waals surface area contributed by atoms with Crippen LogP contribution >= 0.6 is 0 Å². The quantitative estimate of drug-likeness (QED) is 0.583. The molecule has 0 aliphatic carbocycles. The second-order valence-electron chi connectivity index (χ2n) is 6.21. The zero-order valence-electron chi connectivity index (χ0n) is 15.7. The molecular weight excluding hydrogens is 332 g/mol. The highest BCUT2D eigenvalue weighted by Gasteiger charge is 2.25. The van der Waals surface area contributed by atoms with E-state index in [0.29, 0.717) is 33.8 Å². The summed E-state index contributed by atoms with van der Waals surface area (Å²) in [5, 5.41) is 3.11. The van der Waals surface area contributed by atoms with Crippen LogP contribution in [0.4, 0.5) is 5.69 Å². The van der Waals surface area contributed by atoms with Crippen molar-refractivity contribution in [2.45, 2.75) is 40.7 Å². The summed E-state index contributed by atoms with van der Waals surface area (Å²) in [7, 11) is 0. The lowest BCUT2D eigenvalue weighted by Crippen LogP contribution is -2.27. The number of H-pyrrole nitrogens is 1. The molecule has 0 saturated heterocycles. The maximum atomic E-state index is 12.8. The monoisotopic (exact) mass is 356 g/mol. The van der Waals surface area contributed by atoms with Crippen molar-refractivity contribution in [3.63, 3.8) is 0 Å². The summed E-state index contributed by atoms with van der Waals surface area (Å²) in [5.41, 5.74) is 3.23. The van der Waals surface area contributed by atoms with E-state index in [0.717, 1.165) is 0 Å². The Labute approximate surface area is 152 Å². The van der Waals surface area contributed by atoms with Gasteiger partial charge in [-0.2, -0.15) is 0 Å². The van der Waals surface area contributed by atoms with Crippen LogP contribution in [0.2, 0.25) is 0 Å². The molecule has 6 heteroatoms. The molecule has 0 saturated carbocycles. The number of nitrogens with one attached hydrogen (secondary N) is 2. The summed E-state index contributed by atoms with van der Waals surface area (Å²) in [6.07, 6.45) is 0. The lowest BCUT2D eigenvalue weighted by atomic mass is 10.0. The first-order valence-electron chi connectivity index (χ1n) is 8.54. The number of ether oxygens (including phenoxy) is 1. The third-order valence-corrected chi connectivity index (χ3v) is 4.21. The molecule has 2 aromatic rings. The minimum absolute atomic E-state index is 0.0393. The Balaban J connectivity index is 2.23. The molecule has 0 fully saturated rings. The zero-order valence-corrected chi connectivity index (χ0v) is 15.7. The molecule has 0 aliphatic rings. The van der Waals surface area contributed by atoms with Crippen LogP contribution < -0.4 is 5.32 Å². The van der Waals surface area contributed by atoms with E-state index in [1.54, 1.807) is 52.0 Å². The van der Waals surface area contributed by atoms with Crippen molar-refractivity contribution < 1.29 is 19.1 Å². The van der Waals surface area contributed by atoms with Crippen LogP contribution in [0, 0.1) is 13.8 Å². The molecule has 1 unspecified atom stereocenters. The predicted molar refractivity (Wildman–Crippen MR) is 100 cm³/mol. The SMILES string of the molecule is CCOC(=O)c1c(C)[nH]c(C(=O)C(C)Nc2cccc(C(C)=O)c2)c1C. The summed E-state index contributed by atoms with van der Waals surface area (Å²) in [6.45, 7) is 8.72. The number of esters is 1. The first-order valence-corrected chi connectivity index (χ1v) is 8.54. The van der Waals surface area contributed by atoms with E-state index >= 15 is 0 Å². The van der Waals surface area contributed by atoms with Gasteiger partial charge in [0.25, 0.3) is 0 Å². The average molecular weight is 356 g/mol. The van der Waals surface area contributed by atoms with Gasteiger partial charge in [0.1, 0.15) is 0 Å². The van der Waals surface area contributed by atoms with Crippen molar-refractivity contribution in [2.75, 3.05) is 11.9 Å². The topological polar surface area (TPSA) is 88.3 Å². The number of anilines is 1. The molecule has 1 aromatic carbocycles. The maximum Gasteiger partial charge on any atom is 0.340 e. The van der Waals surface area contributed by atoms with Crippen LogP contribution in [-0.2, 0) is 4.74 Å². The highest BCUT2D eigenvalue weighted by Crippen LogP contribution is 2.21. The molecule has 0 amide bonds. The molecule has 0 aliphatic heterocycles. The van der Waals surface area contributed by atoms with Crippen LogP contribution in [0.15, 0.2) is 24.3 Å². The van der Waals surface area contributed by atoms with Crippen molar-refractivity contribution in [1.29, 1.82) is 0 Å². The number of aromatic amines is 1. The molecule has 138 valence electrons. The third kappa shape index (κ3) is 4.02. The minimum Gasteiger partial charge on any atom is -0.462 e. The first-order chi connectivity index (χ1) is 12.3. The molecule has 2 N–H and O–H groups in total. The second kappa shape index (κ2) is 7.99. The fourth-order valence-corrected chi connectivity index (χ4v) is 2.87. The fraction of sp³-hybridized carbons (Fsp3) is 0.350. The Morgan fingerprint density at radius 3 is 2.54 bits per heavy atom. The van der Waals surface area contributed by atoms with Gasteiger partial charge in [0.15, 0.2) is 5.78 Å². The first kappa shape index (κ1) is 19.4. The third-order valence-electron chi connectivity index (χ3n) is 4.21. The summed E-state index contributed by atoms with van der Waals surface area (Å²) in [6, 6.07) is 6.46. The highest BCUT2D eigenvalue weighted by molar-refractivity contribution is 6.05. The van der Waals surface area contributed by atoms with Crippen LogP contribution in [0.1, 0.15) is 63.2 Å². The second-order valence-corrected chi connectivity index (χ2v) is 6.21. The van der Waals surface area contributed by atoms with E-state index in [1.165, 1.54) is 6.92 Å². The number of hydrogen-bond acceptors (Lipinski definition) is 5. The molecule has 1 heterocycles. The number of ketones is 2. The zero-order chi connectivity index (χ0) is 19.4. The van der Waals surface area contributed by atoms with E-state index < -0.39 is 12.0 Å². The number of Topliss-reactive ketones (excluding diaryl/α,β-unsaturated/α-hetero) is 2. The van der Waals surface area contributed by atoms with Crippen molar-refractivity contribution in [3.05, 3.63) is 52.3 Å². The smallest absolute Gasteiger partial charge is 0.340 e. The molecular formula is C20H24N2O4. The van der Waals surface area contributed by atoms with Crippen LogP contribution in [0.3, 0.4) is 0 Å². The lowest BCUT2D eigenvalue weighted by Gasteiger charge is -2.14. The van der Waals surface area contributed by atoms with Gasteiger partial charge in [0, 0.05) is 16.9 Å². The van der Waals surface area contributed by atoms with Crippen LogP contribution in [-0.4, -0.2) is 35.2 Å².